The van der Waals surface area contributed by atoms with Crippen molar-refractivity contribution in [3.8, 4) is 0 Å². The van der Waals surface area contributed by atoms with E-state index < -0.39 is 30.2 Å². The zero-order valence-corrected chi connectivity index (χ0v) is 13.6. The van der Waals surface area contributed by atoms with Crippen LogP contribution in [0.4, 0.5) is 4.79 Å². The number of rotatable bonds is 5. The van der Waals surface area contributed by atoms with Crippen molar-refractivity contribution in [3.05, 3.63) is 22.5 Å². The third kappa shape index (κ3) is 2.96. The summed E-state index contributed by atoms with van der Waals surface area (Å²) >= 11 is 0. The molecule has 0 spiro atoms. The Morgan fingerprint density at radius 1 is 1.17 bits per heavy atom. The second-order valence-corrected chi connectivity index (χ2v) is 5.39. The average molecular weight is 321 g/mol. The molecule has 23 heavy (non-hydrogen) atoms. The van der Waals surface area contributed by atoms with Crippen LogP contribution in [0.25, 0.3) is 0 Å². The van der Waals surface area contributed by atoms with E-state index in [1.54, 1.807) is 20.8 Å². The number of imide groups is 1. The summed E-state index contributed by atoms with van der Waals surface area (Å²) in [5, 5.41) is 0. The van der Waals surface area contributed by atoms with Gasteiger partial charge >= 0.3 is 12.0 Å². The Hall–Kier alpha value is -2.64. The minimum absolute atomic E-state index is 0.0536. The first-order valence-electron chi connectivity index (χ1n) is 7.22. The fourth-order valence-electron chi connectivity index (χ4n) is 2.64. The Labute approximate surface area is 133 Å². The fourth-order valence-corrected chi connectivity index (χ4v) is 2.64. The summed E-state index contributed by atoms with van der Waals surface area (Å²) in [7, 11) is 1.49. The number of hydrogen-bond donors (Lipinski definition) is 1. The lowest BCUT2D eigenvalue weighted by Gasteiger charge is -2.13. The molecule has 2 heterocycles. The summed E-state index contributed by atoms with van der Waals surface area (Å²) in [4.78, 5) is 53.4. The van der Waals surface area contributed by atoms with Crippen LogP contribution in [0.2, 0.25) is 0 Å². The number of likely N-dealkylation sites (N-methyl/N-ethyl adjacent to an activating group) is 1. The smallest absolute Gasteiger partial charge is 0.340 e. The molecule has 0 atom stereocenters. The van der Waals surface area contributed by atoms with Gasteiger partial charge in [0.15, 0.2) is 5.78 Å². The van der Waals surface area contributed by atoms with E-state index in [0.717, 1.165) is 4.90 Å². The van der Waals surface area contributed by atoms with Crippen molar-refractivity contribution in [1.82, 2.24) is 14.8 Å². The van der Waals surface area contributed by atoms with Crippen molar-refractivity contribution in [2.45, 2.75) is 20.8 Å². The number of aromatic amines is 1. The molecule has 0 aliphatic carbocycles. The minimum atomic E-state index is -0.603. The molecule has 8 heteroatoms. The molecule has 3 amide bonds. The Kier molecular flexibility index (Phi) is 4.53. The monoisotopic (exact) mass is 321 g/mol. The number of carbonyl (C=O) groups excluding carboxylic acids is 4. The summed E-state index contributed by atoms with van der Waals surface area (Å²) in [5.41, 5.74) is 1.33. The maximum absolute atomic E-state index is 12.6. The molecule has 124 valence electrons. The van der Waals surface area contributed by atoms with E-state index in [9.17, 15) is 19.2 Å². The molecule has 8 nitrogen and oxygen atoms in total. The standard InChI is InChI=1S/C15H19N3O5/c1-5-23-14(21)13-9(3)16-8(2)12(13)10(19)6-18-11(20)7-17(4)15(18)22/h16H,5-7H2,1-4H3. The molecule has 1 N–H and O–H groups in total. The molecule has 1 aliphatic rings. The Morgan fingerprint density at radius 3 is 2.30 bits per heavy atom. The zero-order chi connectivity index (χ0) is 17.3. The van der Waals surface area contributed by atoms with Crippen molar-refractivity contribution in [2.24, 2.45) is 0 Å². The predicted octanol–water partition coefficient (Wildman–Crippen LogP) is 0.885. The fraction of sp³-hybridized carbons (Fsp3) is 0.467. The van der Waals surface area contributed by atoms with E-state index in [4.69, 9.17) is 4.74 Å². The number of amides is 3. The maximum atomic E-state index is 12.6. The number of aryl methyl sites for hydroxylation is 2. The van der Waals surface area contributed by atoms with E-state index in [-0.39, 0.29) is 24.3 Å². The third-order valence-electron chi connectivity index (χ3n) is 3.67. The van der Waals surface area contributed by atoms with Crippen LogP contribution in [0, 0.1) is 13.8 Å². The number of aromatic nitrogens is 1. The van der Waals surface area contributed by atoms with Crippen molar-refractivity contribution < 1.29 is 23.9 Å². The maximum Gasteiger partial charge on any atom is 0.340 e. The zero-order valence-electron chi connectivity index (χ0n) is 13.6. The normalized spacial score (nSPS) is 14.6. The van der Waals surface area contributed by atoms with Gasteiger partial charge in [-0.15, -0.1) is 0 Å². The lowest BCUT2D eigenvalue weighted by molar-refractivity contribution is -0.125. The number of ether oxygens (including phenoxy) is 1. The van der Waals surface area contributed by atoms with Gasteiger partial charge in [-0.2, -0.15) is 0 Å². The van der Waals surface area contributed by atoms with Crippen LogP contribution in [0.1, 0.15) is 39.0 Å². The summed E-state index contributed by atoms with van der Waals surface area (Å²) in [6, 6.07) is -0.522. The van der Waals surface area contributed by atoms with Gasteiger partial charge in [0.2, 0.25) is 0 Å². The topological polar surface area (TPSA) is 99.8 Å². The van der Waals surface area contributed by atoms with Gasteiger partial charge in [0.05, 0.1) is 24.3 Å². The van der Waals surface area contributed by atoms with E-state index in [1.807, 2.05) is 0 Å². The van der Waals surface area contributed by atoms with Crippen LogP contribution in [0.3, 0.4) is 0 Å². The van der Waals surface area contributed by atoms with E-state index >= 15 is 0 Å². The van der Waals surface area contributed by atoms with Crippen LogP contribution in [-0.2, 0) is 9.53 Å². The molecule has 1 aliphatic heterocycles. The van der Waals surface area contributed by atoms with Gasteiger partial charge in [-0.25, -0.2) is 9.59 Å². The molecule has 0 radical (unpaired) electrons. The first-order chi connectivity index (χ1) is 10.8. The van der Waals surface area contributed by atoms with Gasteiger partial charge in [0.1, 0.15) is 6.54 Å². The van der Waals surface area contributed by atoms with Crippen molar-refractivity contribution >= 4 is 23.7 Å². The molecule has 1 fully saturated rings. The molecule has 0 saturated carbocycles. The van der Waals surface area contributed by atoms with Crippen LogP contribution in [-0.4, -0.2) is 65.2 Å². The number of nitrogens with one attached hydrogen (secondary N) is 1. The SMILES string of the molecule is CCOC(=O)c1c(C)[nH]c(C)c1C(=O)CN1C(=O)CN(C)C1=O. The van der Waals surface area contributed by atoms with Gasteiger partial charge in [0, 0.05) is 18.4 Å². The highest BCUT2D eigenvalue weighted by atomic mass is 16.5. The minimum Gasteiger partial charge on any atom is -0.462 e. The third-order valence-corrected chi connectivity index (χ3v) is 3.67. The molecule has 1 aromatic rings. The van der Waals surface area contributed by atoms with E-state index in [0.29, 0.717) is 11.4 Å². The van der Waals surface area contributed by atoms with Gasteiger partial charge in [-0.1, -0.05) is 0 Å². The summed E-state index contributed by atoms with van der Waals surface area (Å²) in [5.74, 6) is -1.52. The number of ketones is 1. The van der Waals surface area contributed by atoms with Gasteiger partial charge in [0.25, 0.3) is 5.91 Å². The molecule has 0 bridgehead atoms. The van der Waals surface area contributed by atoms with E-state index in [1.165, 1.54) is 11.9 Å². The molecule has 0 aromatic carbocycles. The van der Waals surface area contributed by atoms with Crippen LogP contribution >= 0.6 is 0 Å². The number of esters is 1. The highest BCUT2D eigenvalue weighted by molar-refractivity contribution is 6.12. The van der Waals surface area contributed by atoms with Crippen LogP contribution in [0.5, 0.6) is 0 Å². The van der Waals surface area contributed by atoms with Gasteiger partial charge in [-0.3, -0.25) is 14.5 Å². The summed E-state index contributed by atoms with van der Waals surface area (Å²) in [6.07, 6.45) is 0. The molecule has 0 unspecified atom stereocenters. The second kappa shape index (κ2) is 6.23. The molecule has 1 aromatic heterocycles. The molecule has 1 saturated heterocycles. The Bertz CT molecular complexity index is 692. The predicted molar refractivity (Wildman–Crippen MR) is 80.3 cm³/mol. The van der Waals surface area contributed by atoms with E-state index in [2.05, 4.69) is 4.98 Å². The number of hydrogen-bond acceptors (Lipinski definition) is 5. The molecular formula is C15H19N3O5. The number of urea groups is 1. The summed E-state index contributed by atoms with van der Waals surface area (Å²) < 4.78 is 4.98. The average Bonchev–Trinajstić information content (AvgIpc) is 2.89. The largest absolute Gasteiger partial charge is 0.462 e. The Morgan fingerprint density at radius 2 is 1.78 bits per heavy atom. The van der Waals surface area contributed by atoms with Gasteiger partial charge < -0.3 is 14.6 Å². The molecule has 2 rings (SSSR count). The van der Waals surface area contributed by atoms with Crippen molar-refractivity contribution in [1.29, 1.82) is 0 Å². The number of carbonyl (C=O) groups is 4. The number of Topliss-reactive ketones (excluding diaryl/α,β-unsaturated/α-hetero) is 1. The highest BCUT2D eigenvalue weighted by Crippen LogP contribution is 2.21. The first-order valence-corrected chi connectivity index (χ1v) is 7.22. The van der Waals surface area contributed by atoms with Gasteiger partial charge in [-0.05, 0) is 20.8 Å². The highest BCUT2D eigenvalue weighted by Gasteiger charge is 2.36. The van der Waals surface area contributed by atoms with Crippen molar-refractivity contribution in [3.63, 3.8) is 0 Å². The lowest BCUT2D eigenvalue weighted by atomic mass is 10.0. The second-order valence-electron chi connectivity index (χ2n) is 5.39. The number of nitrogens with zero attached hydrogens (tertiary/aromatic N) is 2. The van der Waals surface area contributed by atoms with Crippen molar-refractivity contribution in [2.75, 3.05) is 26.7 Å². The van der Waals surface area contributed by atoms with Crippen LogP contribution in [0.15, 0.2) is 0 Å². The lowest BCUT2D eigenvalue weighted by Crippen LogP contribution is -2.36. The quantitative estimate of drug-likeness (QED) is 0.493. The Balaban J connectivity index is 2.31. The van der Waals surface area contributed by atoms with Crippen LogP contribution < -0.4 is 0 Å². The molecular weight excluding hydrogens is 302 g/mol. The first kappa shape index (κ1) is 16.7. The summed E-state index contributed by atoms with van der Waals surface area (Å²) in [6.45, 7) is 4.73. The number of H-pyrrole nitrogens is 1.